The minimum absolute atomic E-state index is 0.0796. The number of carbonyl (C=O) groups excluding carboxylic acids is 1. The number of amides is 1. The fourth-order valence-electron chi connectivity index (χ4n) is 3.79. The van der Waals surface area contributed by atoms with E-state index >= 15 is 0 Å². The first-order chi connectivity index (χ1) is 14.3. The molecule has 1 aliphatic rings. The summed E-state index contributed by atoms with van der Waals surface area (Å²) in [4.78, 5) is 27.5. The number of pyridine rings is 1. The Labute approximate surface area is 180 Å². The van der Waals surface area contributed by atoms with Crippen LogP contribution in [0.25, 0.3) is 0 Å². The van der Waals surface area contributed by atoms with Crippen LogP contribution >= 0.6 is 11.6 Å². The first kappa shape index (κ1) is 22.0. The number of nitrogens with zero attached hydrogens (tertiary/aromatic N) is 4. The number of hydrogen-bond donors (Lipinski definition) is 2. The summed E-state index contributed by atoms with van der Waals surface area (Å²) >= 11 is 6.40. The minimum Gasteiger partial charge on any atom is -0.496 e. The maximum atomic E-state index is 12.4. The summed E-state index contributed by atoms with van der Waals surface area (Å²) in [5.74, 6) is 1.32. The van der Waals surface area contributed by atoms with E-state index in [9.17, 15) is 4.79 Å². The molecule has 0 saturated heterocycles. The summed E-state index contributed by atoms with van der Waals surface area (Å²) in [6.07, 6.45) is 2.06. The van der Waals surface area contributed by atoms with Gasteiger partial charge in [-0.3, -0.25) is 9.78 Å². The lowest BCUT2D eigenvalue weighted by molar-refractivity contribution is -0.121. The van der Waals surface area contributed by atoms with Crippen molar-refractivity contribution in [1.82, 2.24) is 20.3 Å². The van der Waals surface area contributed by atoms with Gasteiger partial charge >= 0.3 is 0 Å². The van der Waals surface area contributed by atoms with Gasteiger partial charge in [-0.05, 0) is 13.8 Å². The molecule has 0 fully saturated rings. The van der Waals surface area contributed by atoms with E-state index in [0.29, 0.717) is 32.1 Å². The topological polar surface area (TPSA) is 115 Å². The van der Waals surface area contributed by atoms with Crippen LogP contribution in [0.5, 0.6) is 5.75 Å². The van der Waals surface area contributed by atoms with Crippen LogP contribution in [-0.2, 0) is 16.1 Å². The molecular formula is C20H27ClN6O3. The molecule has 9 nitrogen and oxygen atoms in total. The van der Waals surface area contributed by atoms with Crippen molar-refractivity contribution in [2.75, 3.05) is 44.5 Å². The molecule has 3 rings (SSSR count). The highest BCUT2D eigenvalue weighted by Crippen LogP contribution is 2.41. The van der Waals surface area contributed by atoms with Crippen LogP contribution < -0.4 is 20.7 Å². The zero-order valence-electron chi connectivity index (χ0n) is 17.7. The third-order valence-corrected chi connectivity index (χ3v) is 5.48. The third-order valence-electron chi connectivity index (χ3n) is 5.20. The fourth-order valence-corrected chi connectivity index (χ4v) is 4.11. The zero-order valence-corrected chi connectivity index (χ0v) is 18.4. The summed E-state index contributed by atoms with van der Waals surface area (Å²) in [6.45, 7) is 5.90. The number of ether oxygens (including phenoxy) is 2. The van der Waals surface area contributed by atoms with Crippen LogP contribution in [0.4, 0.5) is 11.8 Å². The van der Waals surface area contributed by atoms with E-state index in [1.165, 1.54) is 0 Å². The van der Waals surface area contributed by atoms with E-state index in [1.807, 2.05) is 18.7 Å². The molecule has 2 aromatic rings. The lowest BCUT2D eigenvalue weighted by atomic mass is 10.00. The third kappa shape index (κ3) is 4.57. The van der Waals surface area contributed by atoms with E-state index in [1.54, 1.807) is 20.4 Å². The van der Waals surface area contributed by atoms with E-state index < -0.39 is 0 Å². The number of hydrogen-bond acceptors (Lipinski definition) is 8. The van der Waals surface area contributed by atoms with Crippen molar-refractivity contribution >= 4 is 29.3 Å². The van der Waals surface area contributed by atoms with Crippen molar-refractivity contribution in [2.24, 2.45) is 0 Å². The Morgan fingerprint density at radius 1 is 1.37 bits per heavy atom. The van der Waals surface area contributed by atoms with Gasteiger partial charge in [0.05, 0.1) is 26.0 Å². The van der Waals surface area contributed by atoms with Crippen LogP contribution in [0.15, 0.2) is 6.20 Å². The number of methoxy groups -OCH3 is 2. The van der Waals surface area contributed by atoms with Crippen molar-refractivity contribution in [3.05, 3.63) is 33.7 Å². The van der Waals surface area contributed by atoms with Crippen LogP contribution in [0.2, 0.25) is 5.15 Å². The molecule has 0 unspecified atom stereocenters. The quantitative estimate of drug-likeness (QED) is 0.478. The van der Waals surface area contributed by atoms with Gasteiger partial charge in [-0.15, -0.1) is 0 Å². The average Bonchev–Trinajstić information content (AvgIpc) is 3.01. The second kappa shape index (κ2) is 9.44. The fraction of sp³-hybridized carbons (Fsp3) is 0.500. The Bertz CT molecular complexity index is 939. The molecule has 10 heteroatoms. The Balaban J connectivity index is 1.86. The average molecular weight is 435 g/mol. The summed E-state index contributed by atoms with van der Waals surface area (Å²) in [5, 5.41) is 3.13. The Hall–Kier alpha value is -2.65. The number of nitrogen functional groups attached to an aromatic ring is 1. The Morgan fingerprint density at radius 3 is 2.83 bits per heavy atom. The van der Waals surface area contributed by atoms with Gasteiger partial charge in [0, 0.05) is 55.4 Å². The molecule has 30 heavy (non-hydrogen) atoms. The van der Waals surface area contributed by atoms with E-state index in [4.69, 9.17) is 26.8 Å². The monoisotopic (exact) mass is 434 g/mol. The number of nitrogens with two attached hydrogens (primary N) is 1. The molecule has 0 bridgehead atoms. The second-order valence-electron chi connectivity index (χ2n) is 7.28. The minimum atomic E-state index is -0.150. The summed E-state index contributed by atoms with van der Waals surface area (Å²) in [5.41, 5.74) is 9.39. The van der Waals surface area contributed by atoms with Crippen molar-refractivity contribution in [2.45, 2.75) is 32.7 Å². The van der Waals surface area contributed by atoms with Crippen molar-refractivity contribution in [3.63, 3.8) is 0 Å². The maximum absolute atomic E-state index is 12.4. The molecule has 2 aromatic heterocycles. The number of halogens is 1. The van der Waals surface area contributed by atoms with Crippen molar-refractivity contribution < 1.29 is 14.3 Å². The van der Waals surface area contributed by atoms with Gasteiger partial charge in [-0.25, -0.2) is 4.98 Å². The molecule has 0 spiro atoms. The number of rotatable bonds is 8. The molecule has 0 radical (unpaired) electrons. The largest absolute Gasteiger partial charge is 0.496 e. The van der Waals surface area contributed by atoms with Gasteiger partial charge in [0.2, 0.25) is 11.9 Å². The van der Waals surface area contributed by atoms with E-state index in [0.717, 1.165) is 28.1 Å². The first-order valence-corrected chi connectivity index (χ1v) is 10.1. The maximum Gasteiger partial charge on any atom is 0.223 e. The number of aryl methyl sites for hydroxylation is 1. The van der Waals surface area contributed by atoms with E-state index in [2.05, 4.69) is 20.3 Å². The predicted octanol–water partition coefficient (Wildman–Crippen LogP) is 1.99. The Morgan fingerprint density at radius 2 is 2.13 bits per heavy atom. The number of anilines is 2. The van der Waals surface area contributed by atoms with E-state index in [-0.39, 0.29) is 29.3 Å². The molecule has 3 heterocycles. The lowest BCUT2D eigenvalue weighted by Crippen LogP contribution is -2.30. The smallest absolute Gasteiger partial charge is 0.223 e. The van der Waals surface area contributed by atoms with Crippen LogP contribution in [-0.4, -0.2) is 54.8 Å². The van der Waals surface area contributed by atoms with Gasteiger partial charge in [0.25, 0.3) is 0 Å². The SMILES string of the molecule is COCCNC(=O)C[C@H]1CN(Cc2ncc(C)c(OC)c2C)c2nc(N)nc(Cl)c21. The molecule has 0 aliphatic carbocycles. The first-order valence-electron chi connectivity index (χ1n) is 9.68. The van der Waals surface area contributed by atoms with Crippen LogP contribution in [0.1, 0.15) is 34.7 Å². The van der Waals surface area contributed by atoms with Gasteiger partial charge in [0.1, 0.15) is 16.7 Å². The summed E-state index contributed by atoms with van der Waals surface area (Å²) in [7, 11) is 3.24. The molecular weight excluding hydrogens is 408 g/mol. The van der Waals surface area contributed by atoms with Crippen molar-refractivity contribution in [3.8, 4) is 5.75 Å². The van der Waals surface area contributed by atoms with Crippen LogP contribution in [0, 0.1) is 13.8 Å². The van der Waals surface area contributed by atoms with Gasteiger partial charge in [0.15, 0.2) is 0 Å². The molecule has 1 atom stereocenters. The highest BCUT2D eigenvalue weighted by atomic mass is 35.5. The lowest BCUT2D eigenvalue weighted by Gasteiger charge is -2.21. The van der Waals surface area contributed by atoms with Gasteiger partial charge < -0.3 is 25.4 Å². The van der Waals surface area contributed by atoms with Gasteiger partial charge in [-0.2, -0.15) is 4.98 Å². The normalized spacial score (nSPS) is 15.2. The highest BCUT2D eigenvalue weighted by molar-refractivity contribution is 6.30. The molecule has 162 valence electrons. The summed E-state index contributed by atoms with van der Waals surface area (Å²) in [6, 6.07) is 0. The molecule has 3 N–H and O–H groups in total. The number of nitrogens with one attached hydrogen (secondary N) is 1. The Kier molecular flexibility index (Phi) is 6.94. The molecule has 1 amide bonds. The second-order valence-corrected chi connectivity index (χ2v) is 7.64. The highest BCUT2D eigenvalue weighted by Gasteiger charge is 2.35. The predicted molar refractivity (Wildman–Crippen MR) is 115 cm³/mol. The number of aromatic nitrogens is 3. The number of fused-ring (bicyclic) bond motifs is 1. The summed E-state index contributed by atoms with van der Waals surface area (Å²) < 4.78 is 10.5. The molecule has 0 saturated carbocycles. The van der Waals surface area contributed by atoms with Crippen LogP contribution in [0.3, 0.4) is 0 Å². The van der Waals surface area contributed by atoms with Crippen molar-refractivity contribution in [1.29, 1.82) is 0 Å². The molecule has 0 aromatic carbocycles. The standard InChI is InChI=1S/C20H27ClN6O3/c1-11-8-24-14(12(2)17(11)30-4)10-27-9-13(7-15(28)23-5-6-29-3)16-18(21)25-20(22)26-19(16)27/h8,13H,5-7,9-10H2,1-4H3,(H,23,28)(H2,22,25,26)/t13-/m0/s1. The zero-order chi connectivity index (χ0) is 21.8. The number of carbonyl (C=O) groups is 1. The van der Waals surface area contributed by atoms with Gasteiger partial charge in [-0.1, -0.05) is 11.6 Å². The molecule has 1 aliphatic heterocycles.